The molecule has 1 aromatic heterocycles. The summed E-state index contributed by atoms with van der Waals surface area (Å²) >= 11 is 0. The molecule has 212 valence electrons. The van der Waals surface area contributed by atoms with Crippen LogP contribution in [-0.2, 0) is 16.0 Å². The molecule has 3 aromatic rings. The Balaban J connectivity index is 1.39. The number of H-pyrrole nitrogens is 1. The first kappa shape index (κ1) is 26.8. The van der Waals surface area contributed by atoms with Crippen molar-refractivity contribution in [1.82, 2.24) is 24.6 Å². The molecule has 3 aliphatic heterocycles. The average molecular weight is 546 g/mol. The second-order valence-corrected chi connectivity index (χ2v) is 11.2. The van der Waals surface area contributed by atoms with Gasteiger partial charge in [0.2, 0.25) is 0 Å². The molecule has 0 saturated carbocycles. The number of nitrogens with one attached hydrogen (secondary N) is 1. The summed E-state index contributed by atoms with van der Waals surface area (Å²) in [6.45, 7) is 8.02. The fourth-order valence-electron chi connectivity index (χ4n) is 6.61. The minimum absolute atomic E-state index is 0.0810. The Morgan fingerprint density at radius 2 is 1.77 bits per heavy atom. The van der Waals surface area contributed by atoms with Crippen LogP contribution in [0.1, 0.15) is 36.2 Å². The van der Waals surface area contributed by atoms with Crippen LogP contribution in [0.4, 0.5) is 4.79 Å². The molecule has 1 N–H and O–H groups in total. The number of urea groups is 1. The molecular formula is C31H39N5O4. The number of piperazine rings is 1. The van der Waals surface area contributed by atoms with Crippen LogP contribution < -0.4 is 4.74 Å². The number of rotatable bonds is 9. The highest BCUT2D eigenvalue weighted by Crippen LogP contribution is 2.50. The van der Waals surface area contributed by atoms with Gasteiger partial charge in [0.1, 0.15) is 23.9 Å². The fourth-order valence-corrected chi connectivity index (χ4v) is 6.61. The molecule has 3 amide bonds. The molecule has 2 atom stereocenters. The first-order chi connectivity index (χ1) is 19.5. The molecular weight excluding hydrogens is 506 g/mol. The topological polar surface area (TPSA) is 81.3 Å². The Morgan fingerprint density at radius 3 is 2.50 bits per heavy atom. The number of likely N-dealkylation sites (N-methyl/N-ethyl adjacent to an activating group) is 1. The summed E-state index contributed by atoms with van der Waals surface area (Å²) in [6, 6.07) is 15.5. The molecule has 2 unspecified atom stereocenters. The third-order valence-corrected chi connectivity index (χ3v) is 8.94. The minimum Gasteiger partial charge on any atom is -0.491 e. The number of imide groups is 1. The average Bonchev–Trinajstić information content (AvgIpc) is 3.44. The molecule has 2 saturated heterocycles. The minimum atomic E-state index is -0.936. The number of hydrogen-bond acceptors (Lipinski definition) is 6. The van der Waals surface area contributed by atoms with E-state index in [-0.39, 0.29) is 18.0 Å². The monoisotopic (exact) mass is 545 g/mol. The van der Waals surface area contributed by atoms with Crippen LogP contribution in [0.2, 0.25) is 0 Å². The maximum atomic E-state index is 14.3. The zero-order chi connectivity index (χ0) is 27.9. The number of ether oxygens (including phenoxy) is 2. The van der Waals surface area contributed by atoms with E-state index < -0.39 is 5.54 Å². The summed E-state index contributed by atoms with van der Waals surface area (Å²) in [5.41, 5.74) is 3.09. The maximum Gasteiger partial charge on any atom is 0.328 e. The molecule has 9 heteroatoms. The number of aromatic amines is 1. The lowest BCUT2D eigenvalue weighted by Gasteiger charge is -2.44. The Bertz CT molecular complexity index is 1380. The number of amides is 3. The van der Waals surface area contributed by atoms with Gasteiger partial charge in [-0.15, -0.1) is 0 Å². The summed E-state index contributed by atoms with van der Waals surface area (Å²) < 4.78 is 11.1. The molecule has 6 rings (SSSR count). The molecule has 0 bridgehead atoms. The third-order valence-electron chi connectivity index (χ3n) is 8.94. The standard InChI is InChI=1S/C31H39N5O4/c1-4-31-21-25-24-20-23(40-19-18-39-3)10-11-26(24)32-27(25)28(22-8-6-5-7-9-22)36(31)30(38)35(29(31)37)17-16-34-14-12-33(2)13-15-34/h5-11,20,28,32H,4,12-19,21H2,1-3H3. The Hall–Kier alpha value is -3.40. The van der Waals surface area contributed by atoms with Gasteiger partial charge in [-0.25, -0.2) is 4.79 Å². The van der Waals surface area contributed by atoms with E-state index in [1.165, 1.54) is 4.90 Å². The third kappa shape index (κ3) is 4.46. The first-order valence-electron chi connectivity index (χ1n) is 14.3. The molecule has 0 radical (unpaired) electrons. The van der Waals surface area contributed by atoms with Crippen LogP contribution in [-0.4, -0.2) is 109 Å². The van der Waals surface area contributed by atoms with Gasteiger partial charge in [-0.3, -0.25) is 19.5 Å². The van der Waals surface area contributed by atoms with Gasteiger partial charge in [0.05, 0.1) is 6.61 Å². The lowest BCUT2D eigenvalue weighted by molar-refractivity contribution is -0.134. The van der Waals surface area contributed by atoms with Gasteiger partial charge < -0.3 is 19.4 Å². The van der Waals surface area contributed by atoms with Crippen LogP contribution in [0.25, 0.3) is 10.9 Å². The number of aromatic nitrogens is 1. The van der Waals surface area contributed by atoms with Crippen LogP contribution in [0.3, 0.4) is 0 Å². The predicted molar refractivity (Wildman–Crippen MR) is 154 cm³/mol. The second-order valence-electron chi connectivity index (χ2n) is 11.2. The van der Waals surface area contributed by atoms with Gasteiger partial charge in [-0.2, -0.15) is 0 Å². The van der Waals surface area contributed by atoms with Crippen LogP contribution >= 0.6 is 0 Å². The fraction of sp³-hybridized carbons (Fsp3) is 0.484. The molecule has 2 fully saturated rings. The van der Waals surface area contributed by atoms with Crippen LogP contribution in [0.15, 0.2) is 48.5 Å². The van der Waals surface area contributed by atoms with Gasteiger partial charge >= 0.3 is 6.03 Å². The normalized spacial score (nSPS) is 23.6. The quantitative estimate of drug-likeness (QED) is 0.328. The first-order valence-corrected chi connectivity index (χ1v) is 14.3. The molecule has 0 spiro atoms. The van der Waals surface area contributed by atoms with Gasteiger partial charge in [-0.1, -0.05) is 37.3 Å². The summed E-state index contributed by atoms with van der Waals surface area (Å²) in [7, 11) is 3.79. The summed E-state index contributed by atoms with van der Waals surface area (Å²) in [5.74, 6) is 0.681. The van der Waals surface area contributed by atoms with Gasteiger partial charge in [0, 0.05) is 69.4 Å². The number of methoxy groups -OCH3 is 1. The van der Waals surface area contributed by atoms with E-state index in [0.29, 0.717) is 39.1 Å². The molecule has 4 heterocycles. The number of nitrogens with zero attached hydrogens (tertiary/aromatic N) is 4. The number of benzene rings is 2. The number of hydrogen-bond donors (Lipinski definition) is 1. The van der Waals surface area contributed by atoms with Crippen molar-refractivity contribution in [2.24, 2.45) is 0 Å². The molecule has 0 aliphatic carbocycles. The summed E-state index contributed by atoms with van der Waals surface area (Å²) in [5, 5.41) is 1.04. The van der Waals surface area contributed by atoms with Gasteiger partial charge in [0.25, 0.3) is 5.91 Å². The van der Waals surface area contributed by atoms with E-state index in [2.05, 4.69) is 34.0 Å². The van der Waals surface area contributed by atoms with E-state index in [0.717, 1.165) is 59.7 Å². The SMILES string of the molecule is CCC12Cc3c([nH]c4ccc(OCCOC)cc34)C(c3ccccc3)N1C(=O)N(CCN1CCN(C)CC1)C2=O. The summed E-state index contributed by atoms with van der Waals surface area (Å²) in [4.78, 5) is 40.2. The van der Waals surface area contributed by atoms with Crippen molar-refractivity contribution >= 4 is 22.8 Å². The lowest BCUT2D eigenvalue weighted by atomic mass is 9.78. The van der Waals surface area contributed by atoms with Crippen molar-refractivity contribution in [1.29, 1.82) is 0 Å². The van der Waals surface area contributed by atoms with E-state index in [9.17, 15) is 9.59 Å². The van der Waals surface area contributed by atoms with Crippen molar-refractivity contribution in [3.63, 3.8) is 0 Å². The summed E-state index contributed by atoms with van der Waals surface area (Å²) in [6.07, 6.45) is 1.02. The lowest BCUT2D eigenvalue weighted by Crippen LogP contribution is -2.55. The highest BCUT2D eigenvalue weighted by molar-refractivity contribution is 6.08. The maximum absolute atomic E-state index is 14.3. The number of fused-ring (bicyclic) bond motifs is 4. The van der Waals surface area contributed by atoms with E-state index >= 15 is 0 Å². The smallest absolute Gasteiger partial charge is 0.328 e. The van der Waals surface area contributed by atoms with Gasteiger partial charge in [0.15, 0.2) is 0 Å². The van der Waals surface area contributed by atoms with Crippen molar-refractivity contribution in [3.05, 3.63) is 65.4 Å². The van der Waals surface area contributed by atoms with Crippen LogP contribution in [0.5, 0.6) is 5.75 Å². The van der Waals surface area contributed by atoms with E-state index in [1.54, 1.807) is 7.11 Å². The van der Waals surface area contributed by atoms with Crippen molar-refractivity contribution < 1.29 is 19.1 Å². The van der Waals surface area contributed by atoms with Crippen molar-refractivity contribution in [2.45, 2.75) is 31.3 Å². The molecule has 3 aliphatic rings. The highest BCUT2D eigenvalue weighted by atomic mass is 16.5. The van der Waals surface area contributed by atoms with E-state index in [1.807, 2.05) is 48.2 Å². The Kier molecular flexibility index (Phi) is 7.29. The van der Waals surface area contributed by atoms with Crippen molar-refractivity contribution in [2.75, 3.05) is 66.6 Å². The molecule has 40 heavy (non-hydrogen) atoms. The molecule has 2 aromatic carbocycles. The van der Waals surface area contributed by atoms with Crippen LogP contribution in [0, 0.1) is 0 Å². The Labute approximate surface area is 235 Å². The van der Waals surface area contributed by atoms with Crippen molar-refractivity contribution in [3.8, 4) is 5.75 Å². The largest absolute Gasteiger partial charge is 0.491 e. The second kappa shape index (κ2) is 10.9. The van der Waals surface area contributed by atoms with E-state index in [4.69, 9.17) is 9.47 Å². The van der Waals surface area contributed by atoms with Gasteiger partial charge in [-0.05, 0) is 42.8 Å². The predicted octanol–water partition coefficient (Wildman–Crippen LogP) is 3.50. The zero-order valence-corrected chi connectivity index (χ0v) is 23.7. The Morgan fingerprint density at radius 1 is 1.00 bits per heavy atom. The number of carbonyl (C=O) groups is 2. The molecule has 9 nitrogen and oxygen atoms in total. The number of carbonyl (C=O) groups excluding carboxylic acids is 2. The zero-order valence-electron chi connectivity index (χ0n) is 23.7. The highest BCUT2D eigenvalue weighted by Gasteiger charge is 2.61.